The summed E-state index contributed by atoms with van der Waals surface area (Å²) in [5.74, 6) is 1.40. The fourth-order valence-corrected chi connectivity index (χ4v) is 1.36. The Kier molecular flexibility index (Phi) is 4.24. The quantitative estimate of drug-likeness (QED) is 0.773. The van der Waals surface area contributed by atoms with Crippen LogP contribution < -0.4 is 14.8 Å². The molecule has 0 spiro atoms. The number of aliphatic hydroxyl groups is 1. The smallest absolute Gasteiger partial charge is 0.162 e. The van der Waals surface area contributed by atoms with Gasteiger partial charge in [-0.05, 0) is 18.6 Å². The third kappa shape index (κ3) is 2.76. The molecular weight excluding hydrogens is 194 g/mol. The predicted octanol–water partition coefficient (Wildman–Crippen LogP) is 1.42. The summed E-state index contributed by atoms with van der Waals surface area (Å²) in [4.78, 5) is 0. The molecule has 0 aliphatic heterocycles. The molecular formula is C11H17NO3. The van der Waals surface area contributed by atoms with Crippen LogP contribution in [0.25, 0.3) is 0 Å². The number of aryl methyl sites for hydroxylation is 1. The lowest BCUT2D eigenvalue weighted by Gasteiger charge is -2.13. The predicted molar refractivity (Wildman–Crippen MR) is 59.9 cm³/mol. The summed E-state index contributed by atoms with van der Waals surface area (Å²) < 4.78 is 10.4. The Morgan fingerprint density at radius 1 is 1.20 bits per heavy atom. The summed E-state index contributed by atoms with van der Waals surface area (Å²) in [6.45, 7) is 2.60. The first-order valence-corrected chi connectivity index (χ1v) is 4.80. The molecule has 4 nitrogen and oxygen atoms in total. The highest BCUT2D eigenvalue weighted by atomic mass is 16.5. The van der Waals surface area contributed by atoms with Gasteiger partial charge in [-0.2, -0.15) is 0 Å². The van der Waals surface area contributed by atoms with Crippen molar-refractivity contribution < 1.29 is 14.6 Å². The molecule has 84 valence electrons. The van der Waals surface area contributed by atoms with E-state index in [1.165, 1.54) is 0 Å². The van der Waals surface area contributed by atoms with Crippen LogP contribution in [0.1, 0.15) is 5.56 Å². The van der Waals surface area contributed by atoms with E-state index >= 15 is 0 Å². The average Bonchev–Trinajstić information content (AvgIpc) is 2.27. The van der Waals surface area contributed by atoms with Crippen molar-refractivity contribution >= 4 is 5.69 Å². The van der Waals surface area contributed by atoms with Crippen LogP contribution in [0.2, 0.25) is 0 Å². The molecule has 0 saturated carbocycles. The highest BCUT2D eigenvalue weighted by Crippen LogP contribution is 2.32. The molecule has 0 aliphatic rings. The summed E-state index contributed by atoms with van der Waals surface area (Å²) in [5.41, 5.74) is 2.00. The van der Waals surface area contributed by atoms with Crippen molar-refractivity contribution in [1.29, 1.82) is 0 Å². The molecule has 1 aromatic carbocycles. The van der Waals surface area contributed by atoms with Crippen molar-refractivity contribution in [2.45, 2.75) is 6.92 Å². The van der Waals surface area contributed by atoms with Gasteiger partial charge >= 0.3 is 0 Å². The van der Waals surface area contributed by atoms with E-state index in [1.807, 2.05) is 19.1 Å². The molecule has 0 unspecified atom stereocenters. The fraction of sp³-hybridized carbons (Fsp3) is 0.455. The summed E-state index contributed by atoms with van der Waals surface area (Å²) in [6, 6.07) is 3.77. The number of aliphatic hydroxyl groups excluding tert-OH is 1. The van der Waals surface area contributed by atoms with Crippen LogP contribution in [-0.4, -0.2) is 32.5 Å². The third-order valence-electron chi connectivity index (χ3n) is 2.16. The van der Waals surface area contributed by atoms with Crippen molar-refractivity contribution in [3.63, 3.8) is 0 Å². The third-order valence-corrected chi connectivity index (χ3v) is 2.16. The second-order valence-electron chi connectivity index (χ2n) is 3.17. The molecule has 0 bridgehead atoms. The number of hydrogen-bond acceptors (Lipinski definition) is 4. The van der Waals surface area contributed by atoms with Crippen molar-refractivity contribution in [1.82, 2.24) is 0 Å². The Bertz CT molecular complexity index is 326. The molecule has 0 aliphatic carbocycles. The maximum absolute atomic E-state index is 8.73. The molecule has 0 heterocycles. The van der Waals surface area contributed by atoms with Gasteiger partial charge < -0.3 is 19.9 Å². The van der Waals surface area contributed by atoms with Gasteiger partial charge in [-0.25, -0.2) is 0 Å². The number of methoxy groups -OCH3 is 2. The molecule has 1 rings (SSSR count). The molecule has 15 heavy (non-hydrogen) atoms. The van der Waals surface area contributed by atoms with Crippen molar-refractivity contribution in [2.24, 2.45) is 0 Å². The Balaban J connectivity index is 2.97. The van der Waals surface area contributed by atoms with Crippen LogP contribution in [0.5, 0.6) is 11.5 Å². The summed E-state index contributed by atoms with van der Waals surface area (Å²) in [6.07, 6.45) is 0. The molecule has 0 amide bonds. The van der Waals surface area contributed by atoms with E-state index in [9.17, 15) is 0 Å². The number of rotatable bonds is 5. The van der Waals surface area contributed by atoms with Gasteiger partial charge in [0.05, 0.1) is 20.8 Å². The summed E-state index contributed by atoms with van der Waals surface area (Å²) in [7, 11) is 3.21. The van der Waals surface area contributed by atoms with E-state index in [0.29, 0.717) is 18.0 Å². The van der Waals surface area contributed by atoms with Gasteiger partial charge in [0.25, 0.3) is 0 Å². The van der Waals surface area contributed by atoms with E-state index in [1.54, 1.807) is 14.2 Å². The molecule has 4 heteroatoms. The first-order chi connectivity index (χ1) is 7.22. The van der Waals surface area contributed by atoms with Crippen LogP contribution in [0.4, 0.5) is 5.69 Å². The Morgan fingerprint density at radius 2 is 1.80 bits per heavy atom. The summed E-state index contributed by atoms with van der Waals surface area (Å²) >= 11 is 0. The lowest BCUT2D eigenvalue weighted by atomic mass is 10.1. The molecule has 1 aromatic rings. The maximum Gasteiger partial charge on any atom is 0.162 e. The summed E-state index contributed by atoms with van der Waals surface area (Å²) in [5, 5.41) is 11.8. The zero-order chi connectivity index (χ0) is 11.3. The van der Waals surface area contributed by atoms with Gasteiger partial charge in [-0.3, -0.25) is 0 Å². The zero-order valence-corrected chi connectivity index (χ0v) is 9.33. The number of hydrogen-bond donors (Lipinski definition) is 2. The first kappa shape index (κ1) is 11.7. The lowest BCUT2D eigenvalue weighted by molar-refractivity contribution is 0.311. The first-order valence-electron chi connectivity index (χ1n) is 4.80. The minimum absolute atomic E-state index is 0.105. The topological polar surface area (TPSA) is 50.7 Å². The average molecular weight is 211 g/mol. The Labute approximate surface area is 89.8 Å². The fourth-order valence-electron chi connectivity index (χ4n) is 1.36. The Hall–Kier alpha value is -1.42. The van der Waals surface area contributed by atoms with Gasteiger partial charge in [0.2, 0.25) is 0 Å². The molecule has 2 N–H and O–H groups in total. The van der Waals surface area contributed by atoms with Crippen molar-refractivity contribution in [3.8, 4) is 11.5 Å². The van der Waals surface area contributed by atoms with Gasteiger partial charge in [0.15, 0.2) is 11.5 Å². The van der Waals surface area contributed by atoms with E-state index in [4.69, 9.17) is 14.6 Å². The van der Waals surface area contributed by atoms with Crippen LogP contribution in [0.15, 0.2) is 12.1 Å². The second-order valence-corrected chi connectivity index (χ2v) is 3.17. The molecule has 0 saturated heterocycles. The number of ether oxygens (including phenoxy) is 2. The maximum atomic E-state index is 8.73. The minimum Gasteiger partial charge on any atom is -0.493 e. The highest BCUT2D eigenvalue weighted by Gasteiger charge is 2.07. The van der Waals surface area contributed by atoms with Gasteiger partial charge in [0.1, 0.15) is 0 Å². The number of benzene rings is 1. The van der Waals surface area contributed by atoms with E-state index in [0.717, 1.165) is 11.3 Å². The van der Waals surface area contributed by atoms with Gasteiger partial charge in [-0.1, -0.05) is 0 Å². The SMILES string of the molecule is COc1cc(C)c(NCCO)cc1OC. The molecule has 0 radical (unpaired) electrons. The number of anilines is 1. The van der Waals surface area contributed by atoms with Crippen LogP contribution in [0, 0.1) is 6.92 Å². The van der Waals surface area contributed by atoms with Crippen molar-refractivity contribution in [3.05, 3.63) is 17.7 Å². The zero-order valence-electron chi connectivity index (χ0n) is 9.33. The van der Waals surface area contributed by atoms with Gasteiger partial charge in [0, 0.05) is 18.3 Å². The van der Waals surface area contributed by atoms with Crippen LogP contribution in [0.3, 0.4) is 0 Å². The van der Waals surface area contributed by atoms with Crippen LogP contribution >= 0.6 is 0 Å². The lowest BCUT2D eigenvalue weighted by Crippen LogP contribution is -2.07. The normalized spacial score (nSPS) is 9.87. The Morgan fingerprint density at radius 3 is 2.33 bits per heavy atom. The van der Waals surface area contributed by atoms with E-state index in [2.05, 4.69) is 5.32 Å². The van der Waals surface area contributed by atoms with E-state index < -0.39 is 0 Å². The monoisotopic (exact) mass is 211 g/mol. The minimum atomic E-state index is 0.105. The molecule has 0 aromatic heterocycles. The van der Waals surface area contributed by atoms with Gasteiger partial charge in [-0.15, -0.1) is 0 Å². The second kappa shape index (κ2) is 5.46. The molecule has 0 fully saturated rings. The van der Waals surface area contributed by atoms with E-state index in [-0.39, 0.29) is 6.61 Å². The standard InChI is InChI=1S/C11H17NO3/c1-8-6-10(14-2)11(15-3)7-9(8)12-4-5-13/h6-7,12-13H,4-5H2,1-3H3. The highest BCUT2D eigenvalue weighted by molar-refractivity contribution is 5.60. The van der Waals surface area contributed by atoms with Crippen molar-refractivity contribution in [2.75, 3.05) is 32.7 Å². The number of nitrogens with one attached hydrogen (secondary N) is 1. The van der Waals surface area contributed by atoms with Crippen LogP contribution in [-0.2, 0) is 0 Å². The largest absolute Gasteiger partial charge is 0.493 e. The molecule has 0 atom stereocenters.